The van der Waals surface area contributed by atoms with E-state index < -0.39 is 15.9 Å². The van der Waals surface area contributed by atoms with Crippen LogP contribution in [0.15, 0.2) is 72.8 Å². The number of ether oxygens (including phenoxy) is 1. The first kappa shape index (κ1) is 21.7. The molecule has 3 aromatic carbocycles. The lowest BCUT2D eigenvalue weighted by Gasteiger charge is -2.23. The third-order valence-electron chi connectivity index (χ3n) is 4.23. The number of hydrogen-bond acceptors (Lipinski definition) is 4. The van der Waals surface area contributed by atoms with Crippen molar-refractivity contribution < 1.29 is 17.9 Å². The number of carbonyl (C=O) groups excluding carboxylic acids is 1. The molecule has 8 heteroatoms. The van der Waals surface area contributed by atoms with Crippen molar-refractivity contribution in [2.24, 2.45) is 0 Å². The largest absolute Gasteiger partial charge is 0.457 e. The third-order valence-corrected chi connectivity index (χ3v) is 5.59. The highest BCUT2D eigenvalue weighted by Gasteiger charge is 2.22. The number of carbonyl (C=O) groups is 1. The number of hydrogen-bond donors (Lipinski definition) is 1. The van der Waals surface area contributed by atoms with Crippen molar-refractivity contribution in [1.82, 2.24) is 0 Å². The van der Waals surface area contributed by atoms with Crippen molar-refractivity contribution in [2.75, 3.05) is 22.4 Å². The van der Waals surface area contributed by atoms with Gasteiger partial charge in [0.15, 0.2) is 0 Å². The second kappa shape index (κ2) is 9.19. The lowest BCUT2D eigenvalue weighted by atomic mass is 10.2. The van der Waals surface area contributed by atoms with E-state index in [2.05, 4.69) is 5.32 Å². The number of sulfonamides is 1. The molecule has 156 valence electrons. The zero-order valence-corrected chi connectivity index (χ0v) is 18.1. The molecule has 0 unspecified atom stereocenters. The van der Waals surface area contributed by atoms with Crippen molar-refractivity contribution in [3.05, 3.63) is 83.4 Å². The molecule has 0 radical (unpaired) electrons. The van der Waals surface area contributed by atoms with E-state index in [9.17, 15) is 13.2 Å². The molecule has 1 N–H and O–H groups in total. The van der Waals surface area contributed by atoms with Crippen LogP contribution in [0.2, 0.25) is 5.02 Å². The summed E-state index contributed by atoms with van der Waals surface area (Å²) in [5.74, 6) is 0.858. The number of halogens is 1. The molecular weight excluding hydrogens is 424 g/mol. The molecule has 3 aromatic rings. The first-order chi connectivity index (χ1) is 14.2. The summed E-state index contributed by atoms with van der Waals surface area (Å²) in [7, 11) is -3.67. The molecule has 0 aliphatic rings. The Morgan fingerprint density at radius 1 is 1.00 bits per heavy atom. The van der Waals surface area contributed by atoms with Crippen molar-refractivity contribution in [2.45, 2.75) is 6.92 Å². The van der Waals surface area contributed by atoms with Crippen LogP contribution in [0.4, 0.5) is 11.4 Å². The van der Waals surface area contributed by atoms with Gasteiger partial charge in [-0.3, -0.25) is 9.10 Å². The van der Waals surface area contributed by atoms with E-state index in [0.29, 0.717) is 33.5 Å². The van der Waals surface area contributed by atoms with Crippen LogP contribution in [0.3, 0.4) is 0 Å². The fourth-order valence-electron chi connectivity index (χ4n) is 2.84. The van der Waals surface area contributed by atoms with Crippen molar-refractivity contribution in [3.63, 3.8) is 0 Å². The number of rotatable bonds is 7. The SMILES string of the molecule is Cc1cc(Cl)ccc1N(CC(=O)Nc1ccc(Oc2ccccc2)cc1)S(C)(=O)=O. The monoisotopic (exact) mass is 444 g/mol. The van der Waals surface area contributed by atoms with E-state index in [4.69, 9.17) is 16.3 Å². The maximum absolute atomic E-state index is 12.5. The van der Waals surface area contributed by atoms with Crippen molar-refractivity contribution >= 4 is 38.9 Å². The van der Waals surface area contributed by atoms with Gasteiger partial charge in [0.2, 0.25) is 15.9 Å². The minimum atomic E-state index is -3.67. The highest BCUT2D eigenvalue weighted by molar-refractivity contribution is 7.92. The van der Waals surface area contributed by atoms with Gasteiger partial charge in [0.05, 0.1) is 11.9 Å². The molecule has 0 atom stereocenters. The molecular formula is C22H21ClN2O4S. The van der Waals surface area contributed by atoms with Gasteiger partial charge in [-0.05, 0) is 67.1 Å². The Balaban J connectivity index is 1.69. The summed E-state index contributed by atoms with van der Waals surface area (Å²) in [4.78, 5) is 12.5. The fraction of sp³-hybridized carbons (Fsp3) is 0.136. The van der Waals surface area contributed by atoms with Crippen LogP contribution in [-0.4, -0.2) is 27.1 Å². The van der Waals surface area contributed by atoms with E-state index in [1.54, 1.807) is 49.4 Å². The minimum Gasteiger partial charge on any atom is -0.457 e. The zero-order chi connectivity index (χ0) is 21.7. The maximum atomic E-state index is 12.5. The average Bonchev–Trinajstić information content (AvgIpc) is 2.68. The van der Waals surface area contributed by atoms with E-state index in [1.807, 2.05) is 30.3 Å². The summed E-state index contributed by atoms with van der Waals surface area (Å²) in [6.45, 7) is 1.38. The Hall–Kier alpha value is -3.03. The smallest absolute Gasteiger partial charge is 0.245 e. The first-order valence-corrected chi connectivity index (χ1v) is 11.3. The Labute approximate surface area is 181 Å². The van der Waals surface area contributed by atoms with E-state index >= 15 is 0 Å². The minimum absolute atomic E-state index is 0.358. The predicted octanol–water partition coefficient (Wildman–Crippen LogP) is 4.85. The summed E-state index contributed by atoms with van der Waals surface area (Å²) in [6.07, 6.45) is 1.06. The summed E-state index contributed by atoms with van der Waals surface area (Å²) in [5, 5.41) is 3.20. The number of aryl methyl sites for hydroxylation is 1. The molecule has 0 heterocycles. The van der Waals surface area contributed by atoms with Gasteiger partial charge < -0.3 is 10.1 Å². The molecule has 0 aliphatic heterocycles. The number of anilines is 2. The van der Waals surface area contributed by atoms with Gasteiger partial charge in [-0.25, -0.2) is 8.42 Å². The van der Waals surface area contributed by atoms with Crippen molar-refractivity contribution in [3.8, 4) is 11.5 Å². The lowest BCUT2D eigenvalue weighted by molar-refractivity contribution is -0.114. The molecule has 3 rings (SSSR count). The van der Waals surface area contributed by atoms with E-state index in [0.717, 1.165) is 10.6 Å². The quantitative estimate of drug-likeness (QED) is 0.565. The molecule has 6 nitrogen and oxygen atoms in total. The van der Waals surface area contributed by atoms with Gasteiger partial charge in [0, 0.05) is 10.7 Å². The molecule has 0 bridgehead atoms. The van der Waals surface area contributed by atoms with Gasteiger partial charge in [0.25, 0.3) is 0 Å². The summed E-state index contributed by atoms with van der Waals surface area (Å²) in [6, 6.07) is 21.0. The normalized spacial score (nSPS) is 11.0. The van der Waals surface area contributed by atoms with Gasteiger partial charge >= 0.3 is 0 Å². The molecule has 0 aromatic heterocycles. The second-order valence-electron chi connectivity index (χ2n) is 6.69. The summed E-state index contributed by atoms with van der Waals surface area (Å²) in [5.41, 5.74) is 1.59. The van der Waals surface area contributed by atoms with Crippen LogP contribution in [-0.2, 0) is 14.8 Å². The molecule has 0 spiro atoms. The van der Waals surface area contributed by atoms with Crippen LogP contribution in [0.1, 0.15) is 5.56 Å². The first-order valence-electron chi connectivity index (χ1n) is 9.09. The summed E-state index contributed by atoms with van der Waals surface area (Å²) >= 11 is 5.96. The number of nitrogens with one attached hydrogen (secondary N) is 1. The summed E-state index contributed by atoms with van der Waals surface area (Å²) < 4.78 is 31.3. The maximum Gasteiger partial charge on any atom is 0.245 e. The molecule has 0 aliphatic carbocycles. The average molecular weight is 445 g/mol. The predicted molar refractivity (Wildman–Crippen MR) is 120 cm³/mol. The van der Waals surface area contributed by atoms with Crippen LogP contribution >= 0.6 is 11.6 Å². The van der Waals surface area contributed by atoms with Gasteiger partial charge in [0.1, 0.15) is 18.0 Å². The fourth-order valence-corrected chi connectivity index (χ4v) is 3.98. The Morgan fingerprint density at radius 3 is 2.23 bits per heavy atom. The molecule has 1 amide bonds. The Kier molecular flexibility index (Phi) is 6.64. The van der Waals surface area contributed by atoms with Crippen LogP contribution < -0.4 is 14.4 Å². The number of benzene rings is 3. The van der Waals surface area contributed by atoms with E-state index in [-0.39, 0.29) is 6.54 Å². The Morgan fingerprint density at radius 2 is 1.63 bits per heavy atom. The lowest BCUT2D eigenvalue weighted by Crippen LogP contribution is -2.37. The topological polar surface area (TPSA) is 75.7 Å². The molecule has 0 fully saturated rings. The van der Waals surface area contributed by atoms with Crippen LogP contribution in [0.5, 0.6) is 11.5 Å². The second-order valence-corrected chi connectivity index (χ2v) is 9.03. The number of amides is 1. The van der Waals surface area contributed by atoms with Crippen molar-refractivity contribution in [1.29, 1.82) is 0 Å². The number of para-hydroxylation sites is 1. The van der Waals surface area contributed by atoms with Gasteiger partial charge in [-0.1, -0.05) is 29.8 Å². The third kappa shape index (κ3) is 5.75. The highest BCUT2D eigenvalue weighted by Crippen LogP contribution is 2.26. The van der Waals surface area contributed by atoms with Gasteiger partial charge in [-0.15, -0.1) is 0 Å². The molecule has 0 saturated heterocycles. The molecule has 30 heavy (non-hydrogen) atoms. The zero-order valence-electron chi connectivity index (χ0n) is 16.5. The van der Waals surface area contributed by atoms with E-state index in [1.165, 1.54) is 0 Å². The highest BCUT2D eigenvalue weighted by atomic mass is 35.5. The standard InChI is InChI=1S/C22H21ClN2O4S/c1-16-14-17(23)8-13-21(16)25(30(2,27)28)15-22(26)24-18-9-11-20(12-10-18)29-19-6-4-3-5-7-19/h3-14H,15H2,1-2H3,(H,24,26). The van der Waals surface area contributed by atoms with Crippen LogP contribution in [0.25, 0.3) is 0 Å². The number of nitrogens with zero attached hydrogens (tertiary/aromatic N) is 1. The van der Waals surface area contributed by atoms with Crippen LogP contribution in [0, 0.1) is 6.92 Å². The Bertz CT molecular complexity index is 1130. The molecule has 0 saturated carbocycles. The van der Waals surface area contributed by atoms with Gasteiger partial charge in [-0.2, -0.15) is 0 Å².